The number of nitrogens with zero attached hydrogens (tertiary/aromatic N) is 3. The Kier molecular flexibility index (Phi) is 5.35. The summed E-state index contributed by atoms with van der Waals surface area (Å²) in [5, 5.41) is 0.601. The molecule has 0 radical (unpaired) electrons. The number of fused-ring (bicyclic) bond motifs is 2. The van der Waals surface area contributed by atoms with Crippen LogP contribution in [0.3, 0.4) is 0 Å². The average Bonchev–Trinajstić information content (AvgIpc) is 2.98. The van der Waals surface area contributed by atoms with Crippen molar-refractivity contribution in [2.45, 2.75) is 27.2 Å². The fraction of sp³-hybridized carbons (Fsp3) is 0.261. The number of rotatable bonds is 5. The van der Waals surface area contributed by atoms with Gasteiger partial charge in [0.1, 0.15) is 16.9 Å². The number of carbonyl (C=O) groups excluding carboxylic acids is 1. The zero-order valence-electron chi connectivity index (χ0n) is 17.1. The Labute approximate surface area is 179 Å². The maximum absolute atomic E-state index is 13.0. The van der Waals surface area contributed by atoms with Crippen molar-refractivity contribution in [1.82, 2.24) is 14.5 Å². The number of hydrogen-bond acceptors (Lipinski definition) is 5. The number of halogens is 1. The van der Waals surface area contributed by atoms with Crippen molar-refractivity contribution in [3.05, 3.63) is 58.6 Å². The summed E-state index contributed by atoms with van der Waals surface area (Å²) in [7, 11) is 0. The van der Waals surface area contributed by atoms with Gasteiger partial charge in [0.2, 0.25) is 0 Å². The molecule has 0 bridgehead atoms. The molecule has 0 unspecified atom stereocenters. The van der Waals surface area contributed by atoms with Gasteiger partial charge in [0.25, 0.3) is 0 Å². The molecule has 0 atom stereocenters. The van der Waals surface area contributed by atoms with Gasteiger partial charge in [0.15, 0.2) is 5.65 Å². The Bertz CT molecular complexity index is 1260. The molecule has 0 amide bonds. The van der Waals surface area contributed by atoms with E-state index in [1.54, 1.807) is 10.6 Å². The SMILES string of the molecule is Cc1ccc(-n2c(N)c(C(=O)OCCC(C)C)c3nc4ccccc4nc32)cc1Cl. The lowest BCUT2D eigenvalue weighted by molar-refractivity contribution is 0.0491. The van der Waals surface area contributed by atoms with Crippen molar-refractivity contribution in [3.63, 3.8) is 0 Å². The van der Waals surface area contributed by atoms with Crippen molar-refractivity contribution in [3.8, 4) is 5.69 Å². The molecule has 4 aromatic rings. The third-order valence-corrected chi connectivity index (χ3v) is 5.45. The summed E-state index contributed by atoms with van der Waals surface area (Å²) < 4.78 is 7.21. The predicted octanol–water partition coefficient (Wildman–Crippen LogP) is 5.32. The molecule has 0 fully saturated rings. The van der Waals surface area contributed by atoms with Gasteiger partial charge in [-0.2, -0.15) is 0 Å². The summed E-state index contributed by atoms with van der Waals surface area (Å²) >= 11 is 6.35. The minimum Gasteiger partial charge on any atom is -0.462 e. The van der Waals surface area contributed by atoms with Crippen molar-refractivity contribution in [2.24, 2.45) is 5.92 Å². The highest BCUT2D eigenvalue weighted by Crippen LogP contribution is 2.32. The zero-order chi connectivity index (χ0) is 21.4. The van der Waals surface area contributed by atoms with Crippen molar-refractivity contribution < 1.29 is 9.53 Å². The first kappa shape index (κ1) is 20.2. The quantitative estimate of drug-likeness (QED) is 0.440. The fourth-order valence-corrected chi connectivity index (χ4v) is 3.48. The summed E-state index contributed by atoms with van der Waals surface area (Å²) in [5.74, 6) is 0.157. The minimum absolute atomic E-state index is 0.226. The minimum atomic E-state index is -0.500. The Morgan fingerprint density at radius 1 is 1.17 bits per heavy atom. The van der Waals surface area contributed by atoms with Crippen molar-refractivity contribution in [1.29, 1.82) is 0 Å². The molecule has 154 valence electrons. The summed E-state index contributed by atoms with van der Waals surface area (Å²) in [6, 6.07) is 13.1. The van der Waals surface area contributed by atoms with Crippen molar-refractivity contribution >= 4 is 45.6 Å². The van der Waals surface area contributed by atoms with Gasteiger partial charge in [-0.05, 0) is 49.1 Å². The van der Waals surface area contributed by atoms with E-state index in [0.29, 0.717) is 45.4 Å². The van der Waals surface area contributed by atoms with E-state index >= 15 is 0 Å². The standard InChI is InChI=1S/C23H23ClN4O2/c1-13(2)10-11-30-23(29)19-20-22(27-18-7-5-4-6-17(18)26-20)28(21(19)25)15-9-8-14(3)16(24)12-15/h4-9,12-13H,10-11,25H2,1-3H3. The van der Waals surface area contributed by atoms with Crippen LogP contribution < -0.4 is 5.73 Å². The third-order valence-electron chi connectivity index (χ3n) is 5.04. The molecule has 2 aromatic carbocycles. The molecule has 6 nitrogen and oxygen atoms in total. The second-order valence-electron chi connectivity index (χ2n) is 7.73. The lowest BCUT2D eigenvalue weighted by Crippen LogP contribution is -2.11. The Balaban J connectivity index is 1.94. The number of esters is 1. The van der Waals surface area contributed by atoms with E-state index in [0.717, 1.165) is 12.0 Å². The summed E-state index contributed by atoms with van der Waals surface area (Å²) in [4.78, 5) is 22.4. The van der Waals surface area contributed by atoms with Crippen LogP contribution in [-0.4, -0.2) is 27.1 Å². The van der Waals surface area contributed by atoms with Gasteiger partial charge < -0.3 is 10.5 Å². The summed E-state index contributed by atoms with van der Waals surface area (Å²) in [6.45, 7) is 6.40. The van der Waals surface area contributed by atoms with Crippen LogP contribution in [0.1, 0.15) is 36.2 Å². The Morgan fingerprint density at radius 2 is 1.87 bits per heavy atom. The molecule has 0 saturated carbocycles. The molecule has 30 heavy (non-hydrogen) atoms. The number of nitrogens with two attached hydrogens (primary N) is 1. The molecular formula is C23H23ClN4O2. The van der Waals surface area contributed by atoms with Gasteiger partial charge in [-0.25, -0.2) is 14.8 Å². The predicted molar refractivity (Wildman–Crippen MR) is 120 cm³/mol. The number of benzene rings is 2. The monoisotopic (exact) mass is 422 g/mol. The number of aromatic nitrogens is 3. The Morgan fingerprint density at radius 3 is 2.53 bits per heavy atom. The highest BCUT2D eigenvalue weighted by atomic mass is 35.5. The molecular weight excluding hydrogens is 400 g/mol. The van der Waals surface area contributed by atoms with Crippen LogP contribution in [0.25, 0.3) is 27.9 Å². The smallest absolute Gasteiger partial charge is 0.344 e. The van der Waals surface area contributed by atoms with E-state index in [1.807, 2.05) is 43.3 Å². The van der Waals surface area contributed by atoms with E-state index < -0.39 is 5.97 Å². The van der Waals surface area contributed by atoms with Gasteiger partial charge >= 0.3 is 5.97 Å². The number of hydrogen-bond donors (Lipinski definition) is 1. The number of aryl methyl sites for hydroxylation is 1. The molecule has 0 saturated heterocycles. The number of anilines is 1. The molecule has 0 aliphatic heterocycles. The molecule has 2 N–H and O–H groups in total. The van der Waals surface area contributed by atoms with Crippen LogP contribution in [0.5, 0.6) is 0 Å². The number of nitrogen functional groups attached to an aromatic ring is 1. The Hall–Kier alpha value is -3.12. The van der Waals surface area contributed by atoms with Gasteiger partial charge in [-0.15, -0.1) is 0 Å². The van der Waals surface area contributed by atoms with Crippen LogP contribution >= 0.6 is 11.6 Å². The largest absolute Gasteiger partial charge is 0.462 e. The van der Waals surface area contributed by atoms with Gasteiger partial charge in [-0.1, -0.05) is 43.6 Å². The topological polar surface area (TPSA) is 83.0 Å². The molecule has 0 aliphatic rings. The van der Waals surface area contributed by atoms with Gasteiger partial charge in [0, 0.05) is 5.02 Å². The van der Waals surface area contributed by atoms with Crippen molar-refractivity contribution in [2.75, 3.05) is 12.3 Å². The van der Waals surface area contributed by atoms with Gasteiger partial charge in [-0.3, -0.25) is 4.57 Å². The van der Waals surface area contributed by atoms with E-state index in [9.17, 15) is 4.79 Å². The molecule has 7 heteroatoms. The second-order valence-corrected chi connectivity index (χ2v) is 8.14. The molecule has 4 rings (SSSR count). The lowest BCUT2D eigenvalue weighted by atomic mass is 10.1. The van der Waals surface area contributed by atoms with E-state index in [4.69, 9.17) is 32.0 Å². The first-order valence-electron chi connectivity index (χ1n) is 9.87. The first-order chi connectivity index (χ1) is 14.4. The highest BCUT2D eigenvalue weighted by Gasteiger charge is 2.26. The van der Waals surface area contributed by atoms with Gasteiger partial charge in [0.05, 0.1) is 23.3 Å². The maximum atomic E-state index is 13.0. The van der Waals surface area contributed by atoms with Crippen LogP contribution in [0.2, 0.25) is 5.02 Å². The molecule has 2 aromatic heterocycles. The van der Waals surface area contributed by atoms with Crippen LogP contribution in [0.15, 0.2) is 42.5 Å². The average molecular weight is 423 g/mol. The normalized spacial score (nSPS) is 11.5. The third kappa shape index (κ3) is 3.59. The zero-order valence-corrected chi connectivity index (χ0v) is 17.9. The molecule has 0 aliphatic carbocycles. The second kappa shape index (κ2) is 7.95. The summed E-state index contributed by atoms with van der Waals surface area (Å²) in [5.41, 5.74) is 10.6. The maximum Gasteiger partial charge on any atom is 0.344 e. The van der Waals surface area contributed by atoms with Crippen LogP contribution in [-0.2, 0) is 4.74 Å². The van der Waals surface area contributed by atoms with E-state index in [-0.39, 0.29) is 11.4 Å². The molecule has 2 heterocycles. The summed E-state index contributed by atoms with van der Waals surface area (Å²) in [6.07, 6.45) is 0.770. The fourth-order valence-electron chi connectivity index (χ4n) is 3.30. The van der Waals surface area contributed by atoms with E-state index in [2.05, 4.69) is 13.8 Å². The van der Waals surface area contributed by atoms with E-state index in [1.165, 1.54) is 0 Å². The highest BCUT2D eigenvalue weighted by molar-refractivity contribution is 6.31. The molecule has 0 spiro atoms. The lowest BCUT2D eigenvalue weighted by Gasteiger charge is -2.10. The van der Waals surface area contributed by atoms with Crippen LogP contribution in [0, 0.1) is 12.8 Å². The van der Waals surface area contributed by atoms with Crippen LogP contribution in [0.4, 0.5) is 5.82 Å². The number of ether oxygens (including phenoxy) is 1. The number of carbonyl (C=O) groups is 1. The first-order valence-corrected chi connectivity index (χ1v) is 10.2. The number of para-hydroxylation sites is 2.